The number of β-amino-alcohol motifs (C(OH)–C–C–N with tert-alkyl or cyclic N) is 1. The maximum atomic E-state index is 11.2. The first kappa shape index (κ1) is 14.0. The van der Waals surface area contributed by atoms with E-state index in [1.54, 1.807) is 6.07 Å². The molecule has 1 saturated heterocycles. The smallest absolute Gasteiger partial charge is 0.326 e. The predicted octanol–water partition coefficient (Wildman–Crippen LogP) is 1.22. The van der Waals surface area contributed by atoms with E-state index < -0.39 is 23.0 Å². The van der Waals surface area contributed by atoms with Crippen LogP contribution in [0.1, 0.15) is 6.42 Å². The SMILES string of the molecule is O=C(O)C1CC(O)CN1c1ccc(I)cc1[N+](=O)[O-]. The van der Waals surface area contributed by atoms with Crippen molar-refractivity contribution in [3.63, 3.8) is 0 Å². The number of hydrogen-bond donors (Lipinski definition) is 2. The third-order valence-corrected chi connectivity index (χ3v) is 3.68. The van der Waals surface area contributed by atoms with Crippen molar-refractivity contribution < 1.29 is 19.9 Å². The number of hydrogen-bond acceptors (Lipinski definition) is 5. The van der Waals surface area contributed by atoms with E-state index in [9.17, 15) is 20.0 Å². The van der Waals surface area contributed by atoms with Crippen LogP contribution in [0.5, 0.6) is 0 Å². The molecule has 1 aromatic carbocycles. The molecule has 0 aliphatic carbocycles. The van der Waals surface area contributed by atoms with Gasteiger partial charge in [0.25, 0.3) is 5.69 Å². The first-order valence-corrected chi connectivity index (χ1v) is 6.59. The number of aliphatic carboxylic acids is 1. The molecule has 102 valence electrons. The Labute approximate surface area is 122 Å². The molecule has 0 bridgehead atoms. The van der Waals surface area contributed by atoms with Crippen LogP contribution in [0.2, 0.25) is 0 Å². The van der Waals surface area contributed by atoms with Gasteiger partial charge in [0.15, 0.2) is 0 Å². The Hall–Kier alpha value is -1.42. The molecule has 2 atom stereocenters. The molecule has 2 unspecified atom stereocenters. The minimum Gasteiger partial charge on any atom is -0.480 e. The molecule has 1 aliphatic heterocycles. The second-order valence-corrected chi connectivity index (χ2v) is 5.53. The quantitative estimate of drug-likeness (QED) is 0.466. The topological polar surface area (TPSA) is 104 Å². The van der Waals surface area contributed by atoms with Crippen molar-refractivity contribution in [1.82, 2.24) is 0 Å². The van der Waals surface area contributed by atoms with Gasteiger partial charge in [0.1, 0.15) is 11.7 Å². The van der Waals surface area contributed by atoms with Crippen molar-refractivity contribution >= 4 is 39.9 Å². The lowest BCUT2D eigenvalue weighted by Gasteiger charge is -2.23. The number of halogens is 1. The van der Waals surface area contributed by atoms with Crippen LogP contribution in [-0.2, 0) is 4.79 Å². The van der Waals surface area contributed by atoms with Gasteiger partial charge < -0.3 is 15.1 Å². The van der Waals surface area contributed by atoms with Gasteiger partial charge in [-0.25, -0.2) is 4.79 Å². The molecule has 1 aliphatic rings. The van der Waals surface area contributed by atoms with E-state index in [0.29, 0.717) is 3.57 Å². The van der Waals surface area contributed by atoms with Crippen LogP contribution in [0.25, 0.3) is 0 Å². The van der Waals surface area contributed by atoms with E-state index in [2.05, 4.69) is 0 Å². The highest BCUT2D eigenvalue weighted by molar-refractivity contribution is 14.1. The van der Waals surface area contributed by atoms with Crippen molar-refractivity contribution in [1.29, 1.82) is 0 Å². The van der Waals surface area contributed by atoms with Crippen LogP contribution in [0.4, 0.5) is 11.4 Å². The van der Waals surface area contributed by atoms with Crippen molar-refractivity contribution in [2.24, 2.45) is 0 Å². The van der Waals surface area contributed by atoms with Gasteiger partial charge in [-0.3, -0.25) is 10.1 Å². The lowest BCUT2D eigenvalue weighted by Crippen LogP contribution is -2.36. The van der Waals surface area contributed by atoms with Gasteiger partial charge in [0, 0.05) is 22.6 Å². The summed E-state index contributed by atoms with van der Waals surface area (Å²) in [5.41, 5.74) is 0.0848. The van der Waals surface area contributed by atoms with Crippen LogP contribution in [0, 0.1) is 13.7 Å². The zero-order valence-electron chi connectivity index (χ0n) is 9.69. The number of carboxylic acids is 1. The molecule has 0 saturated carbocycles. The van der Waals surface area contributed by atoms with Crippen LogP contribution in [0.3, 0.4) is 0 Å². The predicted molar refractivity (Wildman–Crippen MR) is 75.2 cm³/mol. The number of nitrogens with zero attached hydrogens (tertiary/aromatic N) is 2. The van der Waals surface area contributed by atoms with Crippen molar-refractivity contribution in [3.8, 4) is 0 Å². The monoisotopic (exact) mass is 378 g/mol. The summed E-state index contributed by atoms with van der Waals surface area (Å²) in [6, 6.07) is 3.65. The summed E-state index contributed by atoms with van der Waals surface area (Å²) in [5.74, 6) is -1.09. The summed E-state index contributed by atoms with van der Waals surface area (Å²) >= 11 is 1.95. The first-order chi connectivity index (χ1) is 8.90. The van der Waals surface area contributed by atoms with E-state index >= 15 is 0 Å². The zero-order valence-corrected chi connectivity index (χ0v) is 11.9. The second-order valence-electron chi connectivity index (χ2n) is 4.29. The lowest BCUT2D eigenvalue weighted by molar-refractivity contribution is -0.384. The molecule has 1 fully saturated rings. The van der Waals surface area contributed by atoms with Crippen molar-refractivity contribution in [2.45, 2.75) is 18.6 Å². The lowest BCUT2D eigenvalue weighted by atomic mass is 10.2. The molecule has 1 aromatic rings. The van der Waals surface area contributed by atoms with Gasteiger partial charge in [-0.1, -0.05) is 0 Å². The van der Waals surface area contributed by atoms with E-state index in [0.717, 1.165) is 0 Å². The fourth-order valence-electron chi connectivity index (χ4n) is 2.20. The molecule has 2 N–H and O–H groups in total. The minimum absolute atomic E-state index is 0.0679. The summed E-state index contributed by atoms with van der Waals surface area (Å²) in [6.07, 6.45) is -0.724. The highest BCUT2D eigenvalue weighted by Crippen LogP contribution is 2.34. The normalized spacial score (nSPS) is 22.5. The first-order valence-electron chi connectivity index (χ1n) is 5.51. The van der Waals surface area contributed by atoms with Crippen molar-refractivity contribution in [3.05, 3.63) is 31.9 Å². The third-order valence-electron chi connectivity index (χ3n) is 3.01. The average molecular weight is 378 g/mol. The fourth-order valence-corrected chi connectivity index (χ4v) is 2.67. The highest BCUT2D eigenvalue weighted by Gasteiger charge is 2.38. The van der Waals surface area contributed by atoms with E-state index in [1.807, 2.05) is 22.6 Å². The molecule has 2 rings (SSSR count). The largest absolute Gasteiger partial charge is 0.480 e. The summed E-state index contributed by atoms with van der Waals surface area (Å²) in [7, 11) is 0. The maximum Gasteiger partial charge on any atom is 0.326 e. The Balaban J connectivity index is 2.46. The number of nitro benzene ring substituents is 1. The van der Waals surface area contributed by atoms with Crippen LogP contribution < -0.4 is 4.90 Å². The number of nitro groups is 1. The number of benzene rings is 1. The van der Waals surface area contributed by atoms with E-state index in [4.69, 9.17) is 5.11 Å². The number of aliphatic hydroxyl groups excluding tert-OH is 1. The zero-order chi connectivity index (χ0) is 14.2. The third kappa shape index (κ3) is 2.78. The van der Waals surface area contributed by atoms with Gasteiger partial charge in [-0.15, -0.1) is 0 Å². The van der Waals surface area contributed by atoms with Gasteiger partial charge in [0.05, 0.1) is 11.0 Å². The van der Waals surface area contributed by atoms with E-state index in [-0.39, 0.29) is 24.3 Å². The van der Waals surface area contributed by atoms with Gasteiger partial charge in [0.2, 0.25) is 0 Å². The standard InChI is InChI=1S/C11H11IN2O5/c12-6-1-2-8(9(3-6)14(18)19)13-5-7(15)4-10(13)11(16)17/h1-3,7,10,15H,4-5H2,(H,16,17). The number of aliphatic hydroxyl groups is 1. The molecule has 0 aromatic heterocycles. The van der Waals surface area contributed by atoms with Crippen molar-refractivity contribution in [2.75, 3.05) is 11.4 Å². The fraction of sp³-hybridized carbons (Fsp3) is 0.364. The maximum absolute atomic E-state index is 11.2. The Morgan fingerprint density at radius 3 is 2.79 bits per heavy atom. The summed E-state index contributed by atoms with van der Waals surface area (Å²) in [5, 5.41) is 29.8. The number of carbonyl (C=O) groups is 1. The Morgan fingerprint density at radius 2 is 2.21 bits per heavy atom. The Bertz CT molecular complexity index is 536. The molecular formula is C11H11IN2O5. The van der Waals surface area contributed by atoms with Crippen LogP contribution >= 0.6 is 22.6 Å². The number of rotatable bonds is 3. The molecule has 0 amide bonds. The Kier molecular flexibility index (Phi) is 3.90. The average Bonchev–Trinajstić information content (AvgIpc) is 2.71. The molecule has 0 spiro atoms. The second kappa shape index (κ2) is 5.29. The molecule has 1 heterocycles. The summed E-state index contributed by atoms with van der Waals surface area (Å²) in [4.78, 5) is 23.0. The Morgan fingerprint density at radius 1 is 1.53 bits per heavy atom. The molecule has 19 heavy (non-hydrogen) atoms. The highest BCUT2D eigenvalue weighted by atomic mass is 127. The van der Waals surface area contributed by atoms with Gasteiger partial charge >= 0.3 is 5.97 Å². The molecular weight excluding hydrogens is 367 g/mol. The van der Waals surface area contributed by atoms with E-state index in [1.165, 1.54) is 17.0 Å². The minimum atomic E-state index is -1.09. The summed E-state index contributed by atoms with van der Waals surface area (Å²) in [6.45, 7) is 0.0817. The molecule has 7 nitrogen and oxygen atoms in total. The summed E-state index contributed by atoms with van der Waals surface area (Å²) < 4.78 is 0.694. The molecule has 8 heteroatoms. The molecule has 0 radical (unpaired) electrons. The van der Waals surface area contributed by atoms with Crippen LogP contribution in [-0.4, -0.2) is 39.8 Å². The van der Waals surface area contributed by atoms with Crippen LogP contribution in [0.15, 0.2) is 18.2 Å². The number of carboxylic acid groups (broad SMARTS) is 1. The van der Waals surface area contributed by atoms with Gasteiger partial charge in [-0.05, 0) is 34.7 Å². The van der Waals surface area contributed by atoms with Gasteiger partial charge in [-0.2, -0.15) is 0 Å². The number of anilines is 1.